The summed E-state index contributed by atoms with van der Waals surface area (Å²) in [4.78, 5) is 4.42. The quantitative estimate of drug-likeness (QED) is 0.743. The summed E-state index contributed by atoms with van der Waals surface area (Å²) in [6.07, 6.45) is 3.90. The molecule has 2 N–H and O–H groups in total. The second-order valence-electron chi connectivity index (χ2n) is 5.01. The average molecular weight is 215 g/mol. The Bertz CT molecular complexity index is 475. The molecule has 1 aromatic heterocycles. The van der Waals surface area contributed by atoms with Gasteiger partial charge in [-0.2, -0.15) is 0 Å². The van der Waals surface area contributed by atoms with E-state index in [1.165, 1.54) is 0 Å². The number of benzene rings is 1. The number of aromatic nitrogens is 2. The highest BCUT2D eigenvalue weighted by molar-refractivity contribution is 5.45. The Morgan fingerprint density at radius 3 is 2.25 bits per heavy atom. The zero-order valence-corrected chi connectivity index (χ0v) is 9.94. The van der Waals surface area contributed by atoms with E-state index in [0.717, 1.165) is 17.1 Å². The molecule has 0 bridgehead atoms. The third-order valence-electron chi connectivity index (χ3n) is 2.54. The Labute approximate surface area is 95.9 Å². The molecule has 0 spiro atoms. The van der Waals surface area contributed by atoms with Crippen LogP contribution < -0.4 is 5.73 Å². The van der Waals surface area contributed by atoms with Gasteiger partial charge in [0.25, 0.3) is 0 Å². The smallest absolute Gasteiger partial charge is 0.0995 e. The molecule has 3 heteroatoms. The molecule has 2 aromatic rings. The van der Waals surface area contributed by atoms with Crippen molar-refractivity contribution in [1.29, 1.82) is 0 Å². The molecule has 0 atom stereocenters. The van der Waals surface area contributed by atoms with Crippen molar-refractivity contribution in [2.75, 3.05) is 5.73 Å². The van der Waals surface area contributed by atoms with Crippen LogP contribution in [0.25, 0.3) is 5.69 Å². The van der Waals surface area contributed by atoms with Crippen LogP contribution in [0.2, 0.25) is 0 Å². The van der Waals surface area contributed by atoms with E-state index in [2.05, 4.69) is 32.0 Å². The van der Waals surface area contributed by atoms with Crippen LogP contribution in [-0.4, -0.2) is 9.55 Å². The van der Waals surface area contributed by atoms with Gasteiger partial charge < -0.3 is 10.3 Å². The first-order valence-corrected chi connectivity index (χ1v) is 5.37. The minimum Gasteiger partial charge on any atom is -0.399 e. The summed E-state index contributed by atoms with van der Waals surface area (Å²) in [5, 5.41) is 0. The van der Waals surface area contributed by atoms with E-state index >= 15 is 0 Å². The summed E-state index contributed by atoms with van der Waals surface area (Å²) >= 11 is 0. The molecule has 84 valence electrons. The van der Waals surface area contributed by atoms with Gasteiger partial charge >= 0.3 is 0 Å². The Hall–Kier alpha value is -1.77. The molecule has 0 aliphatic rings. The van der Waals surface area contributed by atoms with Gasteiger partial charge in [-0.1, -0.05) is 20.8 Å². The molecule has 0 saturated carbocycles. The highest BCUT2D eigenvalue weighted by atomic mass is 15.0. The standard InChI is InChI=1S/C13H17N3/c1-13(2,3)12-8-16(9-15-12)11-6-4-10(14)5-7-11/h4-9H,14H2,1-3H3. The van der Waals surface area contributed by atoms with Crippen molar-refractivity contribution in [3.63, 3.8) is 0 Å². The Morgan fingerprint density at radius 2 is 1.75 bits per heavy atom. The van der Waals surface area contributed by atoms with Crippen molar-refractivity contribution in [2.45, 2.75) is 26.2 Å². The van der Waals surface area contributed by atoms with E-state index in [9.17, 15) is 0 Å². The maximum atomic E-state index is 5.65. The molecule has 16 heavy (non-hydrogen) atoms. The Kier molecular flexibility index (Phi) is 2.46. The van der Waals surface area contributed by atoms with E-state index < -0.39 is 0 Å². The van der Waals surface area contributed by atoms with E-state index in [1.54, 1.807) is 0 Å². The highest BCUT2D eigenvalue weighted by Gasteiger charge is 2.16. The molecule has 2 rings (SSSR count). The molecule has 0 aliphatic carbocycles. The maximum absolute atomic E-state index is 5.65. The van der Waals surface area contributed by atoms with Crippen LogP contribution in [-0.2, 0) is 5.41 Å². The predicted molar refractivity (Wildman–Crippen MR) is 66.7 cm³/mol. The van der Waals surface area contributed by atoms with Gasteiger partial charge in [-0.25, -0.2) is 4.98 Å². The van der Waals surface area contributed by atoms with Crippen LogP contribution in [0.3, 0.4) is 0 Å². The third kappa shape index (κ3) is 2.08. The molecular weight excluding hydrogens is 198 g/mol. The lowest BCUT2D eigenvalue weighted by Crippen LogP contribution is -2.11. The first-order valence-electron chi connectivity index (χ1n) is 5.37. The van der Waals surface area contributed by atoms with Crippen molar-refractivity contribution in [3.05, 3.63) is 42.5 Å². The van der Waals surface area contributed by atoms with Crippen LogP contribution in [0, 0.1) is 0 Å². The van der Waals surface area contributed by atoms with Crippen molar-refractivity contribution >= 4 is 5.69 Å². The van der Waals surface area contributed by atoms with Gasteiger partial charge in [-0.3, -0.25) is 0 Å². The van der Waals surface area contributed by atoms with Crippen molar-refractivity contribution in [1.82, 2.24) is 9.55 Å². The highest BCUT2D eigenvalue weighted by Crippen LogP contribution is 2.21. The molecule has 0 saturated heterocycles. The zero-order valence-electron chi connectivity index (χ0n) is 9.94. The number of nitrogen functional groups attached to an aromatic ring is 1. The second-order valence-corrected chi connectivity index (χ2v) is 5.01. The third-order valence-corrected chi connectivity index (χ3v) is 2.54. The van der Waals surface area contributed by atoms with E-state index in [0.29, 0.717) is 0 Å². The number of nitrogens with two attached hydrogens (primary N) is 1. The van der Waals surface area contributed by atoms with E-state index in [-0.39, 0.29) is 5.41 Å². The van der Waals surface area contributed by atoms with Crippen molar-refractivity contribution in [3.8, 4) is 5.69 Å². The van der Waals surface area contributed by atoms with Gasteiger partial charge in [0.2, 0.25) is 0 Å². The number of imidazole rings is 1. The van der Waals surface area contributed by atoms with Crippen molar-refractivity contribution in [2.24, 2.45) is 0 Å². The second kappa shape index (κ2) is 3.67. The molecule has 0 unspecified atom stereocenters. The lowest BCUT2D eigenvalue weighted by atomic mass is 9.93. The molecule has 0 radical (unpaired) electrons. The van der Waals surface area contributed by atoms with Gasteiger partial charge in [0.05, 0.1) is 12.0 Å². The zero-order chi connectivity index (χ0) is 11.8. The predicted octanol–water partition coefficient (Wildman–Crippen LogP) is 2.75. The topological polar surface area (TPSA) is 43.8 Å². The van der Waals surface area contributed by atoms with Gasteiger partial charge in [-0.05, 0) is 24.3 Å². The molecule has 0 aliphatic heterocycles. The minimum atomic E-state index is 0.0824. The molecule has 0 fully saturated rings. The number of anilines is 1. The minimum absolute atomic E-state index is 0.0824. The molecular formula is C13H17N3. The van der Waals surface area contributed by atoms with Crippen LogP contribution in [0.5, 0.6) is 0 Å². The summed E-state index contributed by atoms with van der Waals surface area (Å²) in [5.74, 6) is 0. The maximum Gasteiger partial charge on any atom is 0.0995 e. The summed E-state index contributed by atoms with van der Waals surface area (Å²) in [6.45, 7) is 6.47. The summed E-state index contributed by atoms with van der Waals surface area (Å²) in [5.41, 5.74) is 8.68. The molecule has 1 heterocycles. The van der Waals surface area contributed by atoms with Gasteiger partial charge in [0.15, 0.2) is 0 Å². The van der Waals surface area contributed by atoms with Gasteiger partial charge in [0.1, 0.15) is 0 Å². The van der Waals surface area contributed by atoms with E-state index in [4.69, 9.17) is 5.73 Å². The summed E-state index contributed by atoms with van der Waals surface area (Å²) < 4.78 is 2.01. The monoisotopic (exact) mass is 215 g/mol. The SMILES string of the molecule is CC(C)(C)c1cn(-c2ccc(N)cc2)cn1. The fourth-order valence-electron chi connectivity index (χ4n) is 1.50. The van der Waals surface area contributed by atoms with Crippen molar-refractivity contribution < 1.29 is 0 Å². The molecule has 1 aromatic carbocycles. The van der Waals surface area contributed by atoms with Crippen LogP contribution in [0.1, 0.15) is 26.5 Å². The first kappa shape index (κ1) is 10.7. The number of nitrogens with zero attached hydrogens (tertiary/aromatic N) is 2. The number of hydrogen-bond acceptors (Lipinski definition) is 2. The number of hydrogen-bond donors (Lipinski definition) is 1. The Balaban J connectivity index is 2.35. The van der Waals surface area contributed by atoms with Gasteiger partial charge in [-0.15, -0.1) is 0 Å². The lowest BCUT2D eigenvalue weighted by molar-refractivity contribution is 0.572. The van der Waals surface area contributed by atoms with Gasteiger partial charge in [0, 0.05) is 23.0 Å². The molecule has 3 nitrogen and oxygen atoms in total. The molecule has 0 amide bonds. The lowest BCUT2D eigenvalue weighted by Gasteiger charge is -2.14. The van der Waals surface area contributed by atoms with Crippen LogP contribution in [0.4, 0.5) is 5.69 Å². The summed E-state index contributed by atoms with van der Waals surface area (Å²) in [7, 11) is 0. The average Bonchev–Trinajstić information content (AvgIpc) is 2.67. The summed E-state index contributed by atoms with van der Waals surface area (Å²) in [6, 6.07) is 7.77. The normalized spacial score (nSPS) is 11.7. The first-order chi connectivity index (χ1) is 7.47. The van der Waals surface area contributed by atoms with Crippen LogP contribution >= 0.6 is 0 Å². The number of rotatable bonds is 1. The fraction of sp³-hybridized carbons (Fsp3) is 0.308. The Morgan fingerprint density at radius 1 is 1.12 bits per heavy atom. The van der Waals surface area contributed by atoms with Crippen LogP contribution in [0.15, 0.2) is 36.8 Å². The van der Waals surface area contributed by atoms with E-state index in [1.807, 2.05) is 35.2 Å². The largest absolute Gasteiger partial charge is 0.399 e. The fourth-order valence-corrected chi connectivity index (χ4v) is 1.50.